The van der Waals surface area contributed by atoms with Gasteiger partial charge >= 0.3 is 127 Å². The molecule has 0 aliphatic heterocycles. The van der Waals surface area contributed by atoms with Gasteiger partial charge in [0.1, 0.15) is 0 Å². The molecule has 0 unspecified atom stereocenters. The van der Waals surface area contributed by atoms with Gasteiger partial charge in [-0.2, -0.15) is 0 Å². The molecule has 0 bridgehead atoms. The Bertz CT molecular complexity index is 338. The van der Waals surface area contributed by atoms with Crippen LogP contribution < -0.4 is 0 Å². The van der Waals surface area contributed by atoms with Gasteiger partial charge in [-0.25, -0.2) is 0 Å². The Morgan fingerprint density at radius 3 is 1.47 bits per heavy atom. The fourth-order valence-corrected chi connectivity index (χ4v) is 13.2. The van der Waals surface area contributed by atoms with Crippen molar-refractivity contribution in [1.82, 2.24) is 0 Å². The Hall–Kier alpha value is 0.206. The van der Waals surface area contributed by atoms with Crippen LogP contribution in [0.3, 0.4) is 0 Å². The van der Waals surface area contributed by atoms with Gasteiger partial charge in [0.05, 0.1) is 0 Å². The monoisotopic (exact) mass is 384 g/mol. The molecule has 0 heterocycles. The molecule has 0 aromatic heterocycles. The van der Waals surface area contributed by atoms with E-state index in [1.54, 1.807) is 0 Å². The van der Waals surface area contributed by atoms with Gasteiger partial charge in [-0.05, 0) is 0 Å². The van der Waals surface area contributed by atoms with Crippen LogP contribution in [-0.2, 0) is 0 Å². The predicted molar refractivity (Wildman–Crippen MR) is 94.8 cm³/mol. The Labute approximate surface area is 127 Å². The summed E-state index contributed by atoms with van der Waals surface area (Å²) in [6, 6.07) is 0. The van der Waals surface area contributed by atoms with Gasteiger partial charge in [0.2, 0.25) is 0 Å². The predicted octanol–water partition coefficient (Wildman–Crippen LogP) is 5.55. The van der Waals surface area contributed by atoms with Gasteiger partial charge in [-0.15, -0.1) is 0 Å². The van der Waals surface area contributed by atoms with E-state index in [-0.39, 0.29) is 0 Å². The second-order valence-electron chi connectivity index (χ2n) is 5.63. The quantitative estimate of drug-likeness (QED) is 0.401. The fourth-order valence-electron chi connectivity index (χ4n) is 2.58. The number of hydrogen-bond donors (Lipinski definition) is 0. The molecule has 0 aliphatic rings. The van der Waals surface area contributed by atoms with Crippen LogP contribution in [0.15, 0.2) is 0 Å². The van der Waals surface area contributed by atoms with Crippen LogP contribution in [-0.4, -0.2) is 26.5 Å². The third-order valence-corrected chi connectivity index (χ3v) is 26.5. The number of hydrogen-bond acceptors (Lipinski definition) is 0. The van der Waals surface area contributed by atoms with Crippen LogP contribution in [0.4, 0.5) is 0 Å². The van der Waals surface area contributed by atoms with Crippen molar-refractivity contribution in [2.24, 2.45) is 0 Å². The van der Waals surface area contributed by atoms with Crippen LogP contribution in [0.5, 0.6) is 0 Å². The van der Waals surface area contributed by atoms with E-state index in [9.17, 15) is 0 Å². The van der Waals surface area contributed by atoms with Crippen molar-refractivity contribution >= 4 is 26.5 Å². The Balaban J connectivity index is 4.72. The molecule has 0 aromatic carbocycles. The summed E-state index contributed by atoms with van der Waals surface area (Å²) in [5.74, 6) is 9.82. The van der Waals surface area contributed by atoms with Gasteiger partial charge < -0.3 is 0 Å². The van der Waals surface area contributed by atoms with E-state index in [4.69, 9.17) is 0 Å². The van der Waals surface area contributed by atoms with Crippen LogP contribution in [0.2, 0.25) is 36.8 Å². The van der Waals surface area contributed by atoms with Gasteiger partial charge in [0.25, 0.3) is 0 Å². The molecular formula is C17H32Ge2. The normalized spacial score (nSPS) is 11.3. The van der Waals surface area contributed by atoms with E-state index in [1.165, 1.54) is 36.8 Å². The summed E-state index contributed by atoms with van der Waals surface area (Å²) in [4.78, 5) is 0. The zero-order chi connectivity index (χ0) is 14.8. The minimum absolute atomic E-state index is 1.20. The average Bonchev–Trinajstić information content (AvgIpc) is 2.48. The summed E-state index contributed by atoms with van der Waals surface area (Å²) in [6.45, 7) is 14.1. The zero-order valence-electron chi connectivity index (χ0n) is 13.9. The Morgan fingerprint density at radius 1 is 0.632 bits per heavy atom. The van der Waals surface area contributed by atoms with Gasteiger partial charge in [-0.1, -0.05) is 0 Å². The molecule has 0 radical (unpaired) electrons. The van der Waals surface area contributed by atoms with Crippen molar-refractivity contribution < 1.29 is 0 Å². The molecule has 19 heavy (non-hydrogen) atoms. The van der Waals surface area contributed by atoms with E-state index in [0.29, 0.717) is 0 Å². The summed E-state index contributed by atoms with van der Waals surface area (Å²) in [5, 5.41) is 9.40. The van der Waals surface area contributed by atoms with Gasteiger partial charge in [0.15, 0.2) is 0 Å². The van der Waals surface area contributed by atoms with Crippen molar-refractivity contribution in [3.8, 4) is 22.5 Å². The Kier molecular flexibility index (Phi) is 10.1. The fraction of sp³-hybridized carbons (Fsp3) is 0.765. The SMILES string of the molecule is C[CH2][Ge]([C]#CC#C[CH2][Ge]([CH2]C)([CH2]C)[CH2]C)([CH2]C)[CH2]C. The molecule has 0 nitrogen and oxygen atoms in total. The second-order valence-corrected chi connectivity index (χ2v) is 27.5. The molecule has 0 aromatic rings. The van der Waals surface area contributed by atoms with E-state index in [2.05, 4.69) is 64.1 Å². The standard InChI is InChI=1S/C17H32Ge2/c1-7-18(8-2,9-3)16-14-13-15-17-19(10-4,11-5)12-6/h7-12,16H2,1-6H3. The van der Waals surface area contributed by atoms with Crippen molar-refractivity contribution in [1.29, 1.82) is 0 Å². The molecule has 0 rings (SSSR count). The summed E-state index contributed by atoms with van der Waals surface area (Å²) >= 11 is -3.39. The van der Waals surface area contributed by atoms with Crippen molar-refractivity contribution in [3.63, 3.8) is 0 Å². The van der Waals surface area contributed by atoms with Crippen molar-refractivity contribution in [3.05, 3.63) is 0 Å². The van der Waals surface area contributed by atoms with E-state index >= 15 is 0 Å². The molecule has 0 aliphatic carbocycles. The van der Waals surface area contributed by atoms with Crippen LogP contribution >= 0.6 is 0 Å². The molecule has 0 saturated carbocycles. The molecule has 0 saturated heterocycles. The van der Waals surface area contributed by atoms with Crippen LogP contribution in [0, 0.1) is 22.5 Å². The van der Waals surface area contributed by atoms with Gasteiger partial charge in [0, 0.05) is 0 Å². The molecule has 0 atom stereocenters. The second kappa shape index (κ2) is 10.0. The topological polar surface area (TPSA) is 0 Å². The molecule has 108 valence electrons. The first kappa shape index (κ1) is 19.2. The minimum atomic E-state index is -1.81. The Morgan fingerprint density at radius 2 is 1.11 bits per heavy atom. The number of rotatable bonds is 7. The first-order valence-electron chi connectivity index (χ1n) is 8.07. The maximum atomic E-state index is 3.61. The zero-order valence-corrected chi connectivity index (χ0v) is 18.1. The van der Waals surface area contributed by atoms with E-state index in [0.717, 1.165) is 0 Å². The summed E-state index contributed by atoms with van der Waals surface area (Å²) in [7, 11) is 0. The summed E-state index contributed by atoms with van der Waals surface area (Å²) in [5.41, 5.74) is 0. The third kappa shape index (κ3) is 6.01. The molecule has 0 spiro atoms. The summed E-state index contributed by atoms with van der Waals surface area (Å²) in [6.07, 6.45) is 0. The average molecular weight is 382 g/mol. The van der Waals surface area contributed by atoms with E-state index in [1.807, 2.05) is 0 Å². The van der Waals surface area contributed by atoms with Crippen LogP contribution in [0.1, 0.15) is 41.5 Å². The van der Waals surface area contributed by atoms with Crippen molar-refractivity contribution in [2.45, 2.75) is 78.3 Å². The molecule has 0 N–H and O–H groups in total. The molecule has 0 amide bonds. The molecular weight excluding hydrogens is 349 g/mol. The maximum absolute atomic E-state index is 3.61. The third-order valence-electron chi connectivity index (χ3n) is 5.22. The van der Waals surface area contributed by atoms with Crippen molar-refractivity contribution in [2.75, 3.05) is 0 Å². The first-order valence-corrected chi connectivity index (χ1v) is 19.5. The summed E-state index contributed by atoms with van der Waals surface area (Å²) < 4.78 is 3.61. The first-order chi connectivity index (χ1) is 9.07. The van der Waals surface area contributed by atoms with Gasteiger partial charge in [-0.3, -0.25) is 0 Å². The van der Waals surface area contributed by atoms with E-state index < -0.39 is 26.5 Å². The molecule has 2 heteroatoms. The molecule has 0 fully saturated rings. The van der Waals surface area contributed by atoms with Crippen LogP contribution in [0.25, 0.3) is 0 Å².